The molecule has 14 heteroatoms. The van der Waals surface area contributed by atoms with Crippen molar-refractivity contribution in [2.24, 2.45) is 0 Å². The summed E-state index contributed by atoms with van der Waals surface area (Å²) < 4.78 is 29.6. The van der Waals surface area contributed by atoms with Crippen LogP contribution >= 0.6 is 11.6 Å². The van der Waals surface area contributed by atoms with Gasteiger partial charge in [-0.25, -0.2) is 9.78 Å². The van der Waals surface area contributed by atoms with Crippen LogP contribution in [0.3, 0.4) is 0 Å². The van der Waals surface area contributed by atoms with Crippen LogP contribution in [0, 0.1) is 12.3 Å². The molecule has 6 rings (SSSR count). The Kier molecular flexibility index (Phi) is 13.7. The third-order valence-electron chi connectivity index (χ3n) is 9.75. The topological polar surface area (TPSA) is 130 Å². The largest absolute Gasteiger partial charge is 0.379 e. The number of amides is 3. The Morgan fingerprint density at radius 1 is 0.942 bits per heavy atom. The fourth-order valence-electron chi connectivity index (χ4n) is 6.86. The van der Waals surface area contributed by atoms with E-state index in [0.717, 1.165) is 53.8 Å². The molecule has 3 amide bonds. The van der Waals surface area contributed by atoms with E-state index in [9.17, 15) is 9.59 Å². The Bertz CT molecular complexity index is 1680. The van der Waals surface area contributed by atoms with Gasteiger partial charge in [0.15, 0.2) is 0 Å². The number of carbonyl (C=O) groups is 2. The van der Waals surface area contributed by atoms with Crippen molar-refractivity contribution in [1.29, 1.82) is 0 Å². The van der Waals surface area contributed by atoms with Crippen LogP contribution in [0.15, 0.2) is 36.7 Å². The molecule has 0 radical (unpaired) electrons. The van der Waals surface area contributed by atoms with Crippen molar-refractivity contribution in [1.82, 2.24) is 24.8 Å². The monoisotopic (exact) mass is 736 g/mol. The summed E-state index contributed by atoms with van der Waals surface area (Å²) in [5.41, 5.74) is 2.88. The lowest BCUT2D eigenvalue weighted by Crippen LogP contribution is -2.52. The van der Waals surface area contributed by atoms with E-state index in [-0.39, 0.29) is 11.9 Å². The third kappa shape index (κ3) is 9.60. The van der Waals surface area contributed by atoms with E-state index in [2.05, 4.69) is 20.8 Å². The van der Waals surface area contributed by atoms with E-state index in [4.69, 9.17) is 46.7 Å². The number of aryl methyl sites for hydroxylation is 1. The van der Waals surface area contributed by atoms with Crippen molar-refractivity contribution >= 4 is 40.3 Å². The van der Waals surface area contributed by atoms with Crippen LogP contribution in [-0.4, -0.2) is 117 Å². The number of halogens is 1. The summed E-state index contributed by atoms with van der Waals surface area (Å²) in [5.74, 6) is 3.24. The Balaban J connectivity index is 0.962. The van der Waals surface area contributed by atoms with Crippen molar-refractivity contribution < 1.29 is 33.3 Å². The van der Waals surface area contributed by atoms with Crippen LogP contribution in [0.5, 0.6) is 0 Å². The fourth-order valence-corrected chi connectivity index (χ4v) is 7.03. The summed E-state index contributed by atoms with van der Waals surface area (Å²) >= 11 is 6.36. The maximum absolute atomic E-state index is 14.4. The first-order valence-corrected chi connectivity index (χ1v) is 18.7. The highest BCUT2D eigenvalue weighted by Crippen LogP contribution is 2.48. The Hall–Kier alpha value is -3.77. The summed E-state index contributed by atoms with van der Waals surface area (Å²) in [4.78, 5) is 40.2. The maximum Gasteiger partial charge on any atom is 0.317 e. The van der Waals surface area contributed by atoms with Gasteiger partial charge in [0.25, 0.3) is 0 Å². The minimum atomic E-state index is -0.684. The second kappa shape index (κ2) is 18.8. The number of nitrogens with zero attached hydrogens (tertiary/aromatic N) is 5. The van der Waals surface area contributed by atoms with E-state index >= 15 is 0 Å². The van der Waals surface area contributed by atoms with Gasteiger partial charge in [-0.1, -0.05) is 17.5 Å². The van der Waals surface area contributed by atoms with Gasteiger partial charge in [-0.05, 0) is 68.4 Å². The van der Waals surface area contributed by atoms with Crippen LogP contribution in [0.4, 0.5) is 10.5 Å². The highest BCUT2D eigenvalue weighted by atomic mass is 35.5. The molecule has 4 heterocycles. The molecule has 2 aliphatic heterocycles. The number of pyridine rings is 1. The van der Waals surface area contributed by atoms with Crippen LogP contribution in [0.25, 0.3) is 11.0 Å². The average Bonchev–Trinajstić information content (AvgIpc) is 3.87. The number of terminal acetylenes is 1. The van der Waals surface area contributed by atoms with Crippen molar-refractivity contribution in [3.8, 4) is 12.3 Å². The second-order valence-electron chi connectivity index (χ2n) is 13.3. The highest BCUT2D eigenvalue weighted by molar-refractivity contribution is 6.31. The fraction of sp³-hybridized carbons (Fsp3) is 0.579. The number of hydrogen-bond acceptors (Lipinski definition) is 9. The quantitative estimate of drug-likeness (QED) is 0.126. The lowest BCUT2D eigenvalue weighted by atomic mass is 9.74. The van der Waals surface area contributed by atoms with Crippen molar-refractivity contribution in [3.63, 3.8) is 0 Å². The zero-order valence-corrected chi connectivity index (χ0v) is 30.5. The molecule has 2 aromatic heterocycles. The summed E-state index contributed by atoms with van der Waals surface area (Å²) in [6, 6.07) is 7.96. The van der Waals surface area contributed by atoms with Gasteiger partial charge < -0.3 is 43.4 Å². The number of hydrogen-bond donors (Lipinski definition) is 1. The molecule has 1 saturated heterocycles. The van der Waals surface area contributed by atoms with E-state index < -0.39 is 5.41 Å². The minimum Gasteiger partial charge on any atom is -0.379 e. The minimum absolute atomic E-state index is 0.0278. The molecule has 2 fully saturated rings. The predicted molar refractivity (Wildman–Crippen MR) is 196 cm³/mol. The number of likely N-dealkylation sites (tertiary alicyclic amines) is 1. The Morgan fingerprint density at radius 3 is 2.29 bits per heavy atom. The van der Waals surface area contributed by atoms with E-state index in [1.54, 1.807) is 12.4 Å². The number of fused-ring (bicyclic) bond motifs is 3. The van der Waals surface area contributed by atoms with Crippen molar-refractivity contribution in [3.05, 3.63) is 53.1 Å². The molecule has 0 unspecified atom stereocenters. The molecular formula is C38H49ClN6O7. The number of nitrogens with one attached hydrogen (secondary N) is 1. The van der Waals surface area contributed by atoms with Crippen molar-refractivity contribution in [2.45, 2.75) is 63.1 Å². The summed E-state index contributed by atoms with van der Waals surface area (Å²) in [6.07, 6.45) is 13.6. The lowest BCUT2D eigenvalue weighted by Gasteiger charge is -2.38. The first kappa shape index (κ1) is 38.0. The SMILES string of the molecule is C#CCOCCOCCOCCOCCOCCCCn1c(CN2C(=O)C3(CCN(C(=O)NC4CC4)CC3)c3ccncc32)nc2cc(Cl)ccc21. The third-order valence-corrected chi connectivity index (χ3v) is 9.99. The number of carbonyl (C=O) groups excluding carboxylic acids is 2. The molecule has 3 aromatic rings. The number of benzene rings is 1. The molecule has 3 aliphatic rings. The van der Waals surface area contributed by atoms with Crippen LogP contribution in [-0.2, 0) is 47.0 Å². The number of aromatic nitrogens is 3. The van der Waals surface area contributed by atoms with Crippen molar-refractivity contribution in [2.75, 3.05) is 84.1 Å². The molecule has 1 spiro atoms. The number of ether oxygens (including phenoxy) is 5. The van der Waals surface area contributed by atoms with Gasteiger partial charge in [-0.3, -0.25) is 9.78 Å². The highest BCUT2D eigenvalue weighted by Gasteiger charge is 2.53. The van der Waals surface area contributed by atoms with E-state index in [0.29, 0.717) is 116 Å². The number of urea groups is 1. The molecule has 1 saturated carbocycles. The molecule has 280 valence electrons. The second-order valence-corrected chi connectivity index (χ2v) is 13.7. The number of piperidine rings is 1. The summed E-state index contributed by atoms with van der Waals surface area (Å²) in [7, 11) is 0. The summed E-state index contributed by atoms with van der Waals surface area (Å²) in [6.45, 7) is 6.93. The van der Waals surface area contributed by atoms with Gasteiger partial charge in [-0.2, -0.15) is 0 Å². The predicted octanol–water partition coefficient (Wildman–Crippen LogP) is 4.33. The number of imidazole rings is 1. The van der Waals surface area contributed by atoms with E-state index in [1.807, 2.05) is 34.1 Å². The number of rotatable bonds is 21. The van der Waals surface area contributed by atoms with E-state index in [1.165, 1.54) is 0 Å². The number of anilines is 1. The molecular weight excluding hydrogens is 688 g/mol. The number of unbranched alkanes of at least 4 members (excludes halogenated alkanes) is 1. The van der Waals surface area contributed by atoms with Gasteiger partial charge in [0, 0.05) is 43.5 Å². The molecule has 1 N–H and O–H groups in total. The molecule has 0 bridgehead atoms. The Labute approximate surface area is 310 Å². The molecule has 52 heavy (non-hydrogen) atoms. The summed E-state index contributed by atoms with van der Waals surface area (Å²) in [5, 5.41) is 3.70. The molecule has 13 nitrogen and oxygen atoms in total. The zero-order chi connectivity index (χ0) is 36.2. The zero-order valence-electron chi connectivity index (χ0n) is 29.7. The standard InChI is InChI=1S/C38H49ClN6O7/c1-2-16-48-18-20-50-22-24-52-25-23-51-21-19-49-17-4-3-13-44-33-8-5-29(39)26-32(33)42-35(44)28-45-34-27-40-12-9-31(34)38(36(45)46)10-14-43(15-11-38)37(47)41-30-6-7-30/h1,5,8-9,12,26-27,30H,3-4,6-7,10-11,13-25,28H2,(H,41,47). The molecule has 1 aromatic carbocycles. The van der Waals surface area contributed by atoms with Gasteiger partial charge in [0.1, 0.15) is 12.4 Å². The Morgan fingerprint density at radius 2 is 1.62 bits per heavy atom. The smallest absolute Gasteiger partial charge is 0.317 e. The normalized spacial score (nSPS) is 16.5. The molecule has 1 aliphatic carbocycles. The lowest BCUT2D eigenvalue weighted by molar-refractivity contribution is -0.124. The van der Waals surface area contributed by atoms with Gasteiger partial charge in [0.05, 0.1) is 87.7 Å². The van der Waals surface area contributed by atoms with Crippen LogP contribution < -0.4 is 10.2 Å². The van der Waals surface area contributed by atoms with Gasteiger partial charge in [-0.15, -0.1) is 6.42 Å². The average molecular weight is 737 g/mol. The molecule has 0 atom stereocenters. The maximum atomic E-state index is 14.4. The van der Waals surface area contributed by atoms with Crippen LogP contribution in [0.1, 0.15) is 49.9 Å². The first-order chi connectivity index (χ1) is 25.5. The first-order valence-electron chi connectivity index (χ1n) is 18.3. The van der Waals surface area contributed by atoms with Crippen LogP contribution in [0.2, 0.25) is 5.02 Å². The van der Waals surface area contributed by atoms with Gasteiger partial charge in [0.2, 0.25) is 5.91 Å². The van der Waals surface area contributed by atoms with Gasteiger partial charge >= 0.3 is 6.03 Å².